The van der Waals surface area contributed by atoms with Crippen molar-refractivity contribution in [3.05, 3.63) is 0 Å². The summed E-state index contributed by atoms with van der Waals surface area (Å²) in [6.45, 7) is 6.63. The first-order valence-corrected chi connectivity index (χ1v) is 6.18. The molecule has 0 bridgehead atoms. The van der Waals surface area contributed by atoms with Gasteiger partial charge in [0.05, 0.1) is 6.61 Å². The number of carbonyl (C=O) groups is 2. The van der Waals surface area contributed by atoms with E-state index in [0.717, 1.165) is 0 Å². The van der Waals surface area contributed by atoms with E-state index in [9.17, 15) is 9.59 Å². The predicted molar refractivity (Wildman–Crippen MR) is 68.5 cm³/mol. The molecule has 106 valence electrons. The number of urea groups is 1. The topological polar surface area (TPSA) is 87.7 Å². The van der Waals surface area contributed by atoms with Crippen LogP contribution in [0.1, 0.15) is 27.2 Å². The molecule has 3 N–H and O–H groups in total. The van der Waals surface area contributed by atoms with Crippen LogP contribution in [0.25, 0.3) is 0 Å². The molecule has 0 aromatic heterocycles. The Bertz CT molecular complexity index is 271. The summed E-state index contributed by atoms with van der Waals surface area (Å²) in [6.07, 6.45) is 0.692. The lowest BCUT2D eigenvalue weighted by Gasteiger charge is -2.21. The molecular formula is C12H24N2O4. The monoisotopic (exact) mass is 260 g/mol. The molecule has 2 amide bonds. The summed E-state index contributed by atoms with van der Waals surface area (Å²) in [5.41, 5.74) is 0. The molecular weight excluding hydrogens is 236 g/mol. The Kier molecular flexibility index (Phi) is 8.11. The number of aliphatic carboxylic acids is 1. The zero-order valence-corrected chi connectivity index (χ0v) is 11.5. The fraction of sp³-hybridized carbons (Fsp3) is 0.833. The van der Waals surface area contributed by atoms with Gasteiger partial charge in [0.2, 0.25) is 0 Å². The van der Waals surface area contributed by atoms with Crippen molar-refractivity contribution in [1.29, 1.82) is 0 Å². The molecule has 0 spiro atoms. The highest BCUT2D eigenvalue weighted by Crippen LogP contribution is 2.07. The summed E-state index contributed by atoms with van der Waals surface area (Å²) in [5, 5.41) is 14.1. The second-order valence-electron chi connectivity index (χ2n) is 4.62. The van der Waals surface area contributed by atoms with Crippen LogP contribution in [-0.4, -0.2) is 43.4 Å². The summed E-state index contributed by atoms with van der Waals surface area (Å²) >= 11 is 0. The minimum absolute atomic E-state index is 0.107. The van der Waals surface area contributed by atoms with Gasteiger partial charge in [-0.3, -0.25) is 0 Å². The van der Waals surface area contributed by atoms with Gasteiger partial charge < -0.3 is 20.5 Å². The Morgan fingerprint density at radius 2 is 1.94 bits per heavy atom. The van der Waals surface area contributed by atoms with Gasteiger partial charge in [-0.2, -0.15) is 0 Å². The SMILES string of the molecule is CC[C@H](C)[C@H](NC(=O)NCC(C)COC)C(=O)O. The van der Waals surface area contributed by atoms with Gasteiger partial charge in [0.15, 0.2) is 0 Å². The third-order valence-electron chi connectivity index (χ3n) is 2.83. The highest BCUT2D eigenvalue weighted by Gasteiger charge is 2.25. The maximum Gasteiger partial charge on any atom is 0.326 e. The number of carboxylic acids is 1. The molecule has 0 fully saturated rings. The number of amides is 2. The van der Waals surface area contributed by atoms with Crippen LogP contribution in [0.3, 0.4) is 0 Å². The fourth-order valence-electron chi connectivity index (χ4n) is 1.49. The van der Waals surface area contributed by atoms with Crippen molar-refractivity contribution in [2.75, 3.05) is 20.3 Å². The number of carbonyl (C=O) groups excluding carboxylic acids is 1. The molecule has 0 aromatic carbocycles. The molecule has 0 aliphatic heterocycles. The van der Waals surface area contributed by atoms with E-state index in [1.807, 2.05) is 13.8 Å². The van der Waals surface area contributed by atoms with E-state index in [0.29, 0.717) is 19.6 Å². The molecule has 1 unspecified atom stereocenters. The number of rotatable bonds is 8. The lowest BCUT2D eigenvalue weighted by Crippen LogP contribution is -2.49. The normalized spacial score (nSPS) is 15.6. The fourth-order valence-corrected chi connectivity index (χ4v) is 1.49. The van der Waals surface area contributed by atoms with E-state index in [1.54, 1.807) is 14.0 Å². The molecule has 0 aromatic rings. The molecule has 0 saturated heterocycles. The first-order chi connectivity index (χ1) is 8.42. The van der Waals surface area contributed by atoms with Gasteiger partial charge in [-0.1, -0.05) is 27.2 Å². The Balaban J connectivity index is 4.14. The van der Waals surface area contributed by atoms with Gasteiger partial charge in [-0.25, -0.2) is 9.59 Å². The summed E-state index contributed by atoms with van der Waals surface area (Å²) in [5.74, 6) is -0.929. The quantitative estimate of drug-likeness (QED) is 0.609. The molecule has 0 radical (unpaired) electrons. The van der Waals surface area contributed by atoms with Crippen molar-refractivity contribution in [3.8, 4) is 0 Å². The van der Waals surface area contributed by atoms with Gasteiger partial charge in [0.25, 0.3) is 0 Å². The Labute approximate surface area is 108 Å². The zero-order chi connectivity index (χ0) is 14.1. The first kappa shape index (κ1) is 16.7. The minimum atomic E-state index is -1.01. The lowest BCUT2D eigenvalue weighted by atomic mass is 9.99. The van der Waals surface area contributed by atoms with E-state index in [-0.39, 0.29) is 11.8 Å². The van der Waals surface area contributed by atoms with Crippen molar-refractivity contribution >= 4 is 12.0 Å². The number of methoxy groups -OCH3 is 1. The first-order valence-electron chi connectivity index (χ1n) is 6.18. The van der Waals surface area contributed by atoms with Crippen LogP contribution < -0.4 is 10.6 Å². The van der Waals surface area contributed by atoms with Gasteiger partial charge in [0, 0.05) is 13.7 Å². The standard InChI is InChI=1S/C12H24N2O4/c1-5-9(3)10(11(15)16)14-12(17)13-6-8(2)7-18-4/h8-10H,5-7H2,1-4H3,(H,15,16)(H2,13,14,17)/t8?,9-,10-/m0/s1. The zero-order valence-electron chi connectivity index (χ0n) is 11.5. The summed E-state index contributed by atoms with van der Waals surface area (Å²) < 4.78 is 4.95. The predicted octanol–water partition coefficient (Wildman–Crippen LogP) is 1.07. The number of carboxylic acid groups (broad SMARTS) is 1. The molecule has 3 atom stereocenters. The molecule has 0 saturated carbocycles. The van der Waals surface area contributed by atoms with Crippen LogP contribution >= 0.6 is 0 Å². The van der Waals surface area contributed by atoms with E-state index in [2.05, 4.69) is 10.6 Å². The van der Waals surface area contributed by atoms with E-state index < -0.39 is 18.0 Å². The Hall–Kier alpha value is -1.30. The summed E-state index contributed by atoms with van der Waals surface area (Å²) in [7, 11) is 1.60. The second-order valence-corrected chi connectivity index (χ2v) is 4.62. The van der Waals surface area contributed by atoms with Crippen molar-refractivity contribution in [1.82, 2.24) is 10.6 Å². The molecule has 0 aliphatic rings. The number of hydrogen-bond acceptors (Lipinski definition) is 3. The van der Waals surface area contributed by atoms with Crippen molar-refractivity contribution < 1.29 is 19.4 Å². The average molecular weight is 260 g/mol. The molecule has 0 heterocycles. The van der Waals surface area contributed by atoms with Gasteiger partial charge in [0.1, 0.15) is 6.04 Å². The Morgan fingerprint density at radius 1 is 1.33 bits per heavy atom. The smallest absolute Gasteiger partial charge is 0.326 e. The average Bonchev–Trinajstić information content (AvgIpc) is 2.32. The maximum atomic E-state index is 11.6. The van der Waals surface area contributed by atoms with E-state index in [4.69, 9.17) is 9.84 Å². The van der Waals surface area contributed by atoms with Crippen LogP contribution in [-0.2, 0) is 9.53 Å². The molecule has 0 aliphatic carbocycles. The number of nitrogens with one attached hydrogen (secondary N) is 2. The highest BCUT2D eigenvalue weighted by atomic mass is 16.5. The van der Waals surface area contributed by atoms with Crippen molar-refractivity contribution in [2.24, 2.45) is 11.8 Å². The minimum Gasteiger partial charge on any atom is -0.480 e. The van der Waals surface area contributed by atoms with Crippen LogP contribution in [0.2, 0.25) is 0 Å². The molecule has 6 nitrogen and oxygen atoms in total. The van der Waals surface area contributed by atoms with Crippen molar-refractivity contribution in [3.63, 3.8) is 0 Å². The summed E-state index contributed by atoms with van der Waals surface area (Å²) in [6, 6.07) is -1.31. The van der Waals surface area contributed by atoms with Crippen LogP contribution in [0.5, 0.6) is 0 Å². The van der Waals surface area contributed by atoms with Crippen LogP contribution in [0.4, 0.5) is 4.79 Å². The van der Waals surface area contributed by atoms with Gasteiger partial charge >= 0.3 is 12.0 Å². The highest BCUT2D eigenvalue weighted by molar-refractivity contribution is 5.82. The second kappa shape index (κ2) is 8.74. The van der Waals surface area contributed by atoms with E-state index in [1.165, 1.54) is 0 Å². The third-order valence-corrected chi connectivity index (χ3v) is 2.83. The molecule has 18 heavy (non-hydrogen) atoms. The lowest BCUT2D eigenvalue weighted by molar-refractivity contribution is -0.140. The third kappa shape index (κ3) is 6.44. The van der Waals surface area contributed by atoms with E-state index >= 15 is 0 Å². The van der Waals surface area contributed by atoms with Crippen LogP contribution in [0, 0.1) is 11.8 Å². The van der Waals surface area contributed by atoms with Crippen LogP contribution in [0.15, 0.2) is 0 Å². The summed E-state index contributed by atoms with van der Waals surface area (Å²) in [4.78, 5) is 22.6. The molecule has 6 heteroatoms. The Morgan fingerprint density at radius 3 is 2.39 bits per heavy atom. The maximum absolute atomic E-state index is 11.6. The largest absolute Gasteiger partial charge is 0.480 e. The van der Waals surface area contributed by atoms with Gasteiger partial charge in [-0.05, 0) is 11.8 Å². The number of ether oxygens (including phenoxy) is 1. The van der Waals surface area contributed by atoms with Crippen molar-refractivity contribution in [2.45, 2.75) is 33.2 Å². The number of hydrogen-bond donors (Lipinski definition) is 3. The molecule has 0 rings (SSSR count). The van der Waals surface area contributed by atoms with Gasteiger partial charge in [-0.15, -0.1) is 0 Å².